The summed E-state index contributed by atoms with van der Waals surface area (Å²) in [5.41, 5.74) is 0.846. The Hall–Kier alpha value is -2.48. The number of nitro groups is 1. The summed E-state index contributed by atoms with van der Waals surface area (Å²) in [5, 5.41) is 22.0. The van der Waals surface area contributed by atoms with E-state index in [1.54, 1.807) is 12.1 Å². The van der Waals surface area contributed by atoms with Gasteiger partial charge in [0.15, 0.2) is 0 Å². The van der Waals surface area contributed by atoms with Gasteiger partial charge in [0.1, 0.15) is 6.61 Å². The highest BCUT2D eigenvalue weighted by atomic mass is 16.6. The molecule has 1 aromatic rings. The van der Waals surface area contributed by atoms with E-state index >= 15 is 0 Å². The van der Waals surface area contributed by atoms with Crippen molar-refractivity contribution in [3.05, 3.63) is 39.4 Å². The van der Waals surface area contributed by atoms with Gasteiger partial charge in [-0.25, -0.2) is 0 Å². The molecule has 1 rings (SSSR count). The third kappa shape index (κ3) is 5.19. The van der Waals surface area contributed by atoms with Gasteiger partial charge in [-0.2, -0.15) is 0 Å². The average Bonchev–Trinajstić information content (AvgIpc) is 2.46. The first kappa shape index (κ1) is 16.6. The maximum Gasteiger partial charge on any atom is 0.310 e. The van der Waals surface area contributed by atoms with Crippen LogP contribution in [-0.2, 0) is 27.2 Å². The number of nitrogens with zero attached hydrogens (tertiary/aromatic N) is 1. The number of ether oxygens (including phenoxy) is 1. The van der Waals surface area contributed by atoms with E-state index in [1.165, 1.54) is 13.2 Å². The van der Waals surface area contributed by atoms with Crippen LogP contribution in [0, 0.1) is 10.1 Å². The van der Waals surface area contributed by atoms with Gasteiger partial charge in [-0.05, 0) is 18.1 Å². The number of rotatable bonds is 7. The number of aliphatic hydroxyl groups excluding tert-OH is 1. The second kappa shape index (κ2) is 7.95. The predicted octanol–water partition coefficient (Wildman–Crippen LogP) is -0.0387. The number of benzene rings is 1. The summed E-state index contributed by atoms with van der Waals surface area (Å²) in [6.45, 7) is -0.303. The molecule has 0 aliphatic carbocycles. The van der Waals surface area contributed by atoms with E-state index < -0.39 is 23.4 Å². The molecule has 1 aromatic carbocycles. The third-order valence-corrected chi connectivity index (χ3v) is 2.78. The molecule has 0 atom stereocenters. The molecule has 0 bridgehead atoms. The van der Waals surface area contributed by atoms with Crippen LogP contribution in [0.1, 0.15) is 11.1 Å². The van der Waals surface area contributed by atoms with Crippen LogP contribution in [-0.4, -0.2) is 42.2 Å². The largest absolute Gasteiger partial charge is 0.469 e. The van der Waals surface area contributed by atoms with Crippen LogP contribution in [0.2, 0.25) is 0 Å². The zero-order valence-electron chi connectivity index (χ0n) is 11.5. The van der Waals surface area contributed by atoms with Gasteiger partial charge < -0.3 is 15.2 Å². The fraction of sp³-hybridized carbons (Fsp3) is 0.385. The molecule has 0 aliphatic rings. The van der Waals surface area contributed by atoms with Gasteiger partial charge in [-0.1, -0.05) is 6.07 Å². The molecule has 0 aliphatic heterocycles. The summed E-state index contributed by atoms with van der Waals surface area (Å²) in [6.07, 6.45) is 0.238. The van der Waals surface area contributed by atoms with Crippen molar-refractivity contribution in [2.45, 2.75) is 12.8 Å². The maximum atomic E-state index is 11.3. The Morgan fingerprint density at radius 3 is 2.71 bits per heavy atom. The summed E-state index contributed by atoms with van der Waals surface area (Å²) < 4.78 is 4.51. The minimum absolute atomic E-state index is 0.149. The molecule has 8 nitrogen and oxygen atoms in total. The first-order valence-electron chi connectivity index (χ1n) is 6.18. The van der Waals surface area contributed by atoms with Crippen molar-refractivity contribution in [1.82, 2.24) is 5.32 Å². The number of hydrogen-bond donors (Lipinski definition) is 2. The average molecular weight is 296 g/mol. The molecule has 0 saturated carbocycles. The fourth-order valence-electron chi connectivity index (χ4n) is 1.74. The van der Waals surface area contributed by atoms with Crippen molar-refractivity contribution < 1.29 is 24.4 Å². The van der Waals surface area contributed by atoms with E-state index in [2.05, 4.69) is 10.1 Å². The normalized spacial score (nSPS) is 10.0. The molecular weight excluding hydrogens is 280 g/mol. The van der Waals surface area contributed by atoms with Crippen molar-refractivity contribution in [1.29, 1.82) is 0 Å². The summed E-state index contributed by atoms with van der Waals surface area (Å²) in [7, 11) is 1.21. The monoisotopic (exact) mass is 296 g/mol. The molecule has 114 valence electrons. The Bertz CT molecular complexity index is 543. The molecule has 0 aromatic heterocycles. The van der Waals surface area contributed by atoms with Crippen molar-refractivity contribution in [2.75, 3.05) is 20.3 Å². The van der Waals surface area contributed by atoms with Gasteiger partial charge in [-0.15, -0.1) is 0 Å². The smallest absolute Gasteiger partial charge is 0.310 e. The highest BCUT2D eigenvalue weighted by molar-refractivity contribution is 5.76. The number of nitro benzene ring substituents is 1. The highest BCUT2D eigenvalue weighted by Crippen LogP contribution is 2.21. The lowest BCUT2D eigenvalue weighted by Gasteiger charge is -2.07. The molecule has 2 N–H and O–H groups in total. The third-order valence-electron chi connectivity index (χ3n) is 2.78. The molecule has 0 saturated heterocycles. The minimum Gasteiger partial charge on any atom is -0.469 e. The van der Waals surface area contributed by atoms with Gasteiger partial charge in [-0.3, -0.25) is 19.7 Å². The second-order valence-corrected chi connectivity index (χ2v) is 4.23. The van der Waals surface area contributed by atoms with Gasteiger partial charge in [0, 0.05) is 18.2 Å². The lowest BCUT2D eigenvalue weighted by atomic mass is 10.0. The molecule has 8 heteroatoms. The summed E-state index contributed by atoms with van der Waals surface area (Å²) in [4.78, 5) is 32.5. The lowest BCUT2D eigenvalue weighted by Crippen LogP contribution is -2.28. The summed E-state index contributed by atoms with van der Waals surface area (Å²) >= 11 is 0. The molecule has 0 radical (unpaired) electrons. The quantitative estimate of drug-likeness (QED) is 0.414. The van der Waals surface area contributed by atoms with Crippen LogP contribution in [0.25, 0.3) is 0 Å². The molecule has 0 unspecified atom stereocenters. The van der Waals surface area contributed by atoms with E-state index in [4.69, 9.17) is 5.11 Å². The Balaban J connectivity index is 2.83. The molecule has 1 amide bonds. The topological polar surface area (TPSA) is 119 Å². The van der Waals surface area contributed by atoms with E-state index in [0.717, 1.165) is 5.56 Å². The standard InChI is InChI=1S/C13H16N2O6/c1-21-13(18)7-10-6-9(2-3-11(10)15(19)20)4-5-14-12(17)8-16/h2-3,6,16H,4-5,7-8H2,1H3,(H,14,17). The highest BCUT2D eigenvalue weighted by Gasteiger charge is 2.17. The molecule has 21 heavy (non-hydrogen) atoms. The van der Waals surface area contributed by atoms with Gasteiger partial charge in [0.05, 0.1) is 18.5 Å². The zero-order valence-corrected chi connectivity index (χ0v) is 11.5. The Morgan fingerprint density at radius 1 is 1.43 bits per heavy atom. The Labute approximate surface area is 120 Å². The maximum absolute atomic E-state index is 11.3. The number of nitrogens with one attached hydrogen (secondary N) is 1. The van der Waals surface area contributed by atoms with Crippen LogP contribution >= 0.6 is 0 Å². The lowest BCUT2D eigenvalue weighted by molar-refractivity contribution is -0.385. The van der Waals surface area contributed by atoms with Crippen molar-refractivity contribution in [3.63, 3.8) is 0 Å². The van der Waals surface area contributed by atoms with Crippen LogP contribution in [0.5, 0.6) is 0 Å². The number of aliphatic hydroxyl groups is 1. The van der Waals surface area contributed by atoms with Crippen LogP contribution in [0.3, 0.4) is 0 Å². The Kier molecular flexibility index (Phi) is 6.28. The number of carbonyl (C=O) groups is 2. The minimum atomic E-state index is -0.589. The first-order valence-corrected chi connectivity index (χ1v) is 6.18. The summed E-state index contributed by atoms with van der Waals surface area (Å²) in [6, 6.07) is 4.42. The van der Waals surface area contributed by atoms with Crippen molar-refractivity contribution in [3.8, 4) is 0 Å². The first-order chi connectivity index (χ1) is 9.97. The molecule has 0 spiro atoms. The van der Waals surface area contributed by atoms with Gasteiger partial charge in [0.25, 0.3) is 5.69 Å². The second-order valence-electron chi connectivity index (χ2n) is 4.23. The van der Waals surface area contributed by atoms with Crippen LogP contribution in [0.15, 0.2) is 18.2 Å². The Morgan fingerprint density at radius 2 is 2.14 bits per heavy atom. The van der Waals surface area contributed by atoms with Crippen molar-refractivity contribution in [2.24, 2.45) is 0 Å². The molecular formula is C13H16N2O6. The van der Waals surface area contributed by atoms with Crippen LogP contribution < -0.4 is 5.32 Å². The van der Waals surface area contributed by atoms with E-state index in [0.29, 0.717) is 6.42 Å². The number of esters is 1. The fourth-order valence-corrected chi connectivity index (χ4v) is 1.74. The number of amides is 1. The van der Waals surface area contributed by atoms with E-state index in [-0.39, 0.29) is 24.2 Å². The number of methoxy groups -OCH3 is 1. The number of hydrogen-bond acceptors (Lipinski definition) is 6. The van der Waals surface area contributed by atoms with E-state index in [1.807, 2.05) is 0 Å². The predicted molar refractivity (Wildman–Crippen MR) is 72.6 cm³/mol. The summed E-state index contributed by atoms with van der Waals surface area (Å²) in [5.74, 6) is -1.06. The zero-order chi connectivity index (χ0) is 15.8. The molecule has 0 heterocycles. The van der Waals surface area contributed by atoms with Gasteiger partial charge in [0.2, 0.25) is 5.91 Å². The van der Waals surface area contributed by atoms with Gasteiger partial charge >= 0.3 is 5.97 Å². The van der Waals surface area contributed by atoms with Crippen molar-refractivity contribution >= 4 is 17.6 Å². The SMILES string of the molecule is COC(=O)Cc1cc(CCNC(=O)CO)ccc1[N+](=O)[O-]. The number of carbonyl (C=O) groups excluding carboxylic acids is 2. The molecule has 0 fully saturated rings. The van der Waals surface area contributed by atoms with Crippen LogP contribution in [0.4, 0.5) is 5.69 Å². The van der Waals surface area contributed by atoms with E-state index in [9.17, 15) is 19.7 Å².